The van der Waals surface area contributed by atoms with E-state index in [4.69, 9.17) is 17.3 Å². The second-order valence-electron chi connectivity index (χ2n) is 3.81. The van der Waals surface area contributed by atoms with Crippen LogP contribution in [-0.2, 0) is 4.79 Å². The Morgan fingerprint density at radius 3 is 2.72 bits per heavy atom. The van der Waals surface area contributed by atoms with Crippen molar-refractivity contribution in [2.45, 2.75) is 12.8 Å². The van der Waals surface area contributed by atoms with Crippen LogP contribution in [0.1, 0.15) is 23.2 Å². The Morgan fingerprint density at radius 1 is 1.39 bits per heavy atom. The Kier molecular flexibility index (Phi) is 5.61. The summed E-state index contributed by atoms with van der Waals surface area (Å²) in [5.41, 5.74) is 5.87. The van der Waals surface area contributed by atoms with E-state index in [0.717, 1.165) is 13.0 Å². The summed E-state index contributed by atoms with van der Waals surface area (Å²) in [6.07, 6.45) is 1.12. The molecule has 0 aliphatic heterocycles. The first-order valence-corrected chi connectivity index (χ1v) is 5.96. The van der Waals surface area contributed by atoms with Gasteiger partial charge >= 0.3 is 0 Å². The highest BCUT2D eigenvalue weighted by Crippen LogP contribution is 2.23. The van der Waals surface area contributed by atoms with E-state index in [-0.39, 0.29) is 5.91 Å². The Labute approximate surface area is 111 Å². The molecule has 18 heavy (non-hydrogen) atoms. The van der Waals surface area contributed by atoms with Gasteiger partial charge in [-0.25, -0.2) is 0 Å². The minimum Gasteiger partial charge on any atom is -0.366 e. The first-order valence-electron chi connectivity index (χ1n) is 5.58. The number of halogens is 1. The van der Waals surface area contributed by atoms with Crippen molar-refractivity contribution in [3.8, 4) is 0 Å². The molecule has 0 aromatic heterocycles. The summed E-state index contributed by atoms with van der Waals surface area (Å²) < 4.78 is 0. The van der Waals surface area contributed by atoms with Crippen LogP contribution in [0, 0.1) is 0 Å². The minimum absolute atomic E-state index is 0.145. The van der Waals surface area contributed by atoms with Gasteiger partial charge in [-0.1, -0.05) is 11.6 Å². The number of hydrogen-bond acceptors (Lipinski definition) is 3. The number of amides is 2. The molecule has 0 fully saturated rings. The van der Waals surface area contributed by atoms with Crippen molar-refractivity contribution in [3.63, 3.8) is 0 Å². The van der Waals surface area contributed by atoms with E-state index in [1.54, 1.807) is 0 Å². The maximum absolute atomic E-state index is 11.6. The normalized spacial score (nSPS) is 10.1. The maximum Gasteiger partial charge on any atom is 0.248 e. The maximum atomic E-state index is 11.6. The third-order valence-corrected chi connectivity index (χ3v) is 2.69. The number of nitrogens with two attached hydrogens (primary N) is 1. The molecule has 4 N–H and O–H groups in total. The SMILES string of the molecule is CNCCCC(=O)Nc1cc(C(N)=O)ccc1Cl. The van der Waals surface area contributed by atoms with Crippen LogP contribution in [0.3, 0.4) is 0 Å². The first kappa shape index (κ1) is 14.5. The predicted molar refractivity (Wildman–Crippen MR) is 71.8 cm³/mol. The van der Waals surface area contributed by atoms with Crippen molar-refractivity contribution in [1.29, 1.82) is 0 Å². The predicted octanol–water partition coefficient (Wildman–Crippen LogP) is 1.38. The van der Waals surface area contributed by atoms with Crippen molar-refractivity contribution < 1.29 is 9.59 Å². The zero-order valence-electron chi connectivity index (χ0n) is 10.1. The number of primary amides is 1. The lowest BCUT2D eigenvalue weighted by Gasteiger charge is -2.08. The largest absolute Gasteiger partial charge is 0.366 e. The Morgan fingerprint density at radius 2 is 2.11 bits per heavy atom. The van der Waals surface area contributed by atoms with Gasteiger partial charge in [0.2, 0.25) is 11.8 Å². The van der Waals surface area contributed by atoms with E-state index in [1.807, 2.05) is 7.05 Å². The topological polar surface area (TPSA) is 84.2 Å². The van der Waals surface area contributed by atoms with E-state index in [0.29, 0.717) is 22.7 Å². The molecule has 0 bridgehead atoms. The van der Waals surface area contributed by atoms with Gasteiger partial charge < -0.3 is 16.4 Å². The summed E-state index contributed by atoms with van der Waals surface area (Å²) in [5.74, 6) is -0.703. The number of carbonyl (C=O) groups is 2. The van der Waals surface area contributed by atoms with Crippen LogP contribution in [0.25, 0.3) is 0 Å². The van der Waals surface area contributed by atoms with Crippen LogP contribution in [-0.4, -0.2) is 25.4 Å². The van der Waals surface area contributed by atoms with Crippen molar-refractivity contribution in [2.75, 3.05) is 18.9 Å². The Bertz CT molecular complexity index is 449. The molecular weight excluding hydrogens is 254 g/mol. The molecule has 0 aliphatic rings. The average molecular weight is 270 g/mol. The third-order valence-electron chi connectivity index (χ3n) is 2.36. The molecule has 0 saturated heterocycles. The summed E-state index contributed by atoms with van der Waals surface area (Å²) >= 11 is 5.93. The van der Waals surface area contributed by atoms with Gasteiger partial charge in [0.25, 0.3) is 0 Å². The molecular formula is C12H16ClN3O2. The van der Waals surface area contributed by atoms with Crippen LogP contribution in [0.2, 0.25) is 5.02 Å². The molecule has 0 heterocycles. The smallest absolute Gasteiger partial charge is 0.248 e. The molecule has 0 spiro atoms. The lowest BCUT2D eigenvalue weighted by molar-refractivity contribution is -0.116. The molecule has 1 rings (SSSR count). The van der Waals surface area contributed by atoms with Gasteiger partial charge in [-0.05, 0) is 38.2 Å². The molecule has 0 saturated carbocycles. The number of carbonyl (C=O) groups excluding carboxylic acids is 2. The highest BCUT2D eigenvalue weighted by Gasteiger charge is 2.08. The van der Waals surface area contributed by atoms with Gasteiger partial charge in [-0.2, -0.15) is 0 Å². The second-order valence-corrected chi connectivity index (χ2v) is 4.22. The number of nitrogens with one attached hydrogen (secondary N) is 2. The molecule has 98 valence electrons. The lowest BCUT2D eigenvalue weighted by Crippen LogP contribution is -2.16. The second kappa shape index (κ2) is 6.98. The van der Waals surface area contributed by atoms with Crippen molar-refractivity contribution >= 4 is 29.1 Å². The van der Waals surface area contributed by atoms with Gasteiger partial charge in [0.05, 0.1) is 10.7 Å². The number of anilines is 1. The Balaban J connectivity index is 2.68. The highest BCUT2D eigenvalue weighted by atomic mass is 35.5. The fraction of sp³-hybridized carbons (Fsp3) is 0.333. The lowest BCUT2D eigenvalue weighted by atomic mass is 10.2. The summed E-state index contributed by atoms with van der Waals surface area (Å²) in [4.78, 5) is 22.6. The van der Waals surface area contributed by atoms with Gasteiger partial charge in [0.15, 0.2) is 0 Å². The van der Waals surface area contributed by atoms with E-state index in [9.17, 15) is 9.59 Å². The monoisotopic (exact) mass is 269 g/mol. The standard InChI is InChI=1S/C12H16ClN3O2/c1-15-6-2-3-11(17)16-10-7-8(12(14)18)4-5-9(10)13/h4-5,7,15H,2-3,6H2,1H3,(H2,14,18)(H,16,17). The fourth-order valence-electron chi connectivity index (χ4n) is 1.41. The highest BCUT2D eigenvalue weighted by molar-refractivity contribution is 6.33. The summed E-state index contributed by atoms with van der Waals surface area (Å²) in [6, 6.07) is 4.52. The van der Waals surface area contributed by atoms with E-state index in [2.05, 4.69) is 10.6 Å². The molecule has 2 amide bonds. The van der Waals surface area contributed by atoms with E-state index < -0.39 is 5.91 Å². The molecule has 1 aromatic carbocycles. The third kappa shape index (κ3) is 4.35. The minimum atomic E-state index is -0.558. The Hall–Kier alpha value is -1.59. The van der Waals surface area contributed by atoms with Crippen LogP contribution < -0.4 is 16.4 Å². The fourth-order valence-corrected chi connectivity index (χ4v) is 1.58. The average Bonchev–Trinajstić information content (AvgIpc) is 2.32. The van der Waals surface area contributed by atoms with Crippen LogP contribution >= 0.6 is 11.6 Å². The number of benzene rings is 1. The molecule has 0 unspecified atom stereocenters. The van der Waals surface area contributed by atoms with Gasteiger partial charge in [-0.15, -0.1) is 0 Å². The first-order chi connectivity index (χ1) is 8.54. The summed E-state index contributed by atoms with van der Waals surface area (Å²) in [6.45, 7) is 0.766. The van der Waals surface area contributed by atoms with Crippen molar-refractivity contribution in [1.82, 2.24) is 5.32 Å². The van der Waals surface area contributed by atoms with Crippen molar-refractivity contribution in [3.05, 3.63) is 28.8 Å². The zero-order chi connectivity index (χ0) is 13.5. The zero-order valence-corrected chi connectivity index (χ0v) is 10.9. The van der Waals surface area contributed by atoms with Crippen molar-refractivity contribution in [2.24, 2.45) is 5.73 Å². The van der Waals surface area contributed by atoms with Gasteiger partial charge in [-0.3, -0.25) is 9.59 Å². The van der Waals surface area contributed by atoms with E-state index >= 15 is 0 Å². The summed E-state index contributed by atoms with van der Waals surface area (Å²) in [5, 5.41) is 5.99. The van der Waals surface area contributed by atoms with Gasteiger partial charge in [0, 0.05) is 12.0 Å². The molecule has 1 aromatic rings. The number of rotatable bonds is 6. The summed E-state index contributed by atoms with van der Waals surface area (Å²) in [7, 11) is 1.82. The molecule has 0 radical (unpaired) electrons. The van der Waals surface area contributed by atoms with Crippen LogP contribution in [0.5, 0.6) is 0 Å². The molecule has 0 aliphatic carbocycles. The van der Waals surface area contributed by atoms with E-state index in [1.165, 1.54) is 18.2 Å². The molecule has 0 atom stereocenters. The molecule has 5 nitrogen and oxygen atoms in total. The quantitative estimate of drug-likeness (QED) is 0.682. The van der Waals surface area contributed by atoms with Crippen LogP contribution in [0.15, 0.2) is 18.2 Å². The number of hydrogen-bond donors (Lipinski definition) is 3. The van der Waals surface area contributed by atoms with Gasteiger partial charge in [0.1, 0.15) is 0 Å². The molecule has 6 heteroatoms. The van der Waals surface area contributed by atoms with Crippen LogP contribution in [0.4, 0.5) is 5.69 Å².